The number of hydrogen-bond donors (Lipinski definition) is 0. The van der Waals surface area contributed by atoms with Crippen LogP contribution in [0.25, 0.3) is 0 Å². The average molecular weight is 366 g/mol. The highest BCUT2D eigenvalue weighted by Crippen LogP contribution is 2.34. The van der Waals surface area contributed by atoms with Crippen molar-refractivity contribution in [2.24, 2.45) is 0 Å². The van der Waals surface area contributed by atoms with Crippen molar-refractivity contribution in [3.63, 3.8) is 0 Å². The van der Waals surface area contributed by atoms with Gasteiger partial charge in [0.2, 0.25) is 0 Å². The van der Waals surface area contributed by atoms with Gasteiger partial charge >= 0.3 is 0 Å². The summed E-state index contributed by atoms with van der Waals surface area (Å²) in [6.45, 7) is 6.85. The monoisotopic (exact) mass is 366 g/mol. The summed E-state index contributed by atoms with van der Waals surface area (Å²) >= 11 is 0. The second-order valence-corrected chi connectivity index (χ2v) is 7.72. The van der Waals surface area contributed by atoms with Crippen LogP contribution in [0.2, 0.25) is 0 Å². The number of hydrogen-bond acceptors (Lipinski definition) is 3. The highest BCUT2D eigenvalue weighted by atomic mass is 16.2. The van der Waals surface area contributed by atoms with Gasteiger partial charge in [0.15, 0.2) is 0 Å². The maximum absolute atomic E-state index is 13.2. The Balaban J connectivity index is 1.53. The number of piperidine rings is 1. The minimum atomic E-state index is -0.663. The Kier molecular flexibility index (Phi) is 4.50. The summed E-state index contributed by atoms with van der Waals surface area (Å²) in [5.41, 5.74) is 2.36. The molecule has 2 saturated heterocycles. The Morgan fingerprint density at radius 1 is 1.00 bits per heavy atom. The predicted octanol–water partition coefficient (Wildman–Crippen LogP) is 2.36. The third kappa shape index (κ3) is 3.03. The first-order valence-corrected chi connectivity index (χ1v) is 9.67. The molecule has 2 aliphatic heterocycles. The molecule has 0 saturated carbocycles. The van der Waals surface area contributed by atoms with Gasteiger partial charge in [0, 0.05) is 44.1 Å². The van der Waals surface area contributed by atoms with Crippen LogP contribution in [0.15, 0.2) is 36.7 Å². The lowest BCUT2D eigenvalue weighted by atomic mass is 9.84. The number of aromatic nitrogens is 2. The van der Waals surface area contributed by atoms with Crippen molar-refractivity contribution in [1.29, 1.82) is 0 Å². The first-order chi connectivity index (χ1) is 13.0. The lowest BCUT2D eigenvalue weighted by Crippen LogP contribution is -2.59. The standard InChI is InChI=1S/C21H26N4O2/c1-16-5-6-18(15-17(16)2)19(26)23-13-7-21(8-14-23,25-12-3-9-22-25)20(27)24-10-4-11-24/h3,5-6,9,12,15H,4,7-8,10-11,13-14H2,1-2H3. The molecular weight excluding hydrogens is 340 g/mol. The Hall–Kier alpha value is -2.63. The van der Waals surface area contributed by atoms with Gasteiger partial charge in [0.05, 0.1) is 0 Å². The molecule has 1 aromatic heterocycles. The largest absolute Gasteiger partial charge is 0.340 e. The molecule has 0 N–H and O–H groups in total. The molecule has 2 aromatic rings. The van der Waals surface area contributed by atoms with E-state index in [0.717, 1.165) is 30.6 Å². The van der Waals surface area contributed by atoms with E-state index in [2.05, 4.69) is 5.10 Å². The van der Waals surface area contributed by atoms with E-state index >= 15 is 0 Å². The van der Waals surface area contributed by atoms with E-state index in [1.54, 1.807) is 6.20 Å². The molecule has 2 fully saturated rings. The van der Waals surface area contributed by atoms with Crippen molar-refractivity contribution in [2.45, 2.75) is 38.6 Å². The van der Waals surface area contributed by atoms with Crippen molar-refractivity contribution in [1.82, 2.24) is 19.6 Å². The number of carbonyl (C=O) groups excluding carboxylic acids is 2. The molecule has 0 unspecified atom stereocenters. The quantitative estimate of drug-likeness (QED) is 0.838. The van der Waals surface area contributed by atoms with Gasteiger partial charge in [0.25, 0.3) is 11.8 Å². The summed E-state index contributed by atoms with van der Waals surface area (Å²) in [5, 5.41) is 4.39. The Morgan fingerprint density at radius 2 is 1.74 bits per heavy atom. The number of amides is 2. The van der Waals surface area contributed by atoms with E-state index in [1.807, 2.05) is 58.8 Å². The second-order valence-electron chi connectivity index (χ2n) is 7.72. The topological polar surface area (TPSA) is 58.4 Å². The zero-order chi connectivity index (χ0) is 19.0. The van der Waals surface area contributed by atoms with Crippen LogP contribution in [-0.4, -0.2) is 57.6 Å². The summed E-state index contributed by atoms with van der Waals surface area (Å²) in [5.74, 6) is 0.194. The van der Waals surface area contributed by atoms with Crippen molar-refractivity contribution in [3.8, 4) is 0 Å². The van der Waals surface area contributed by atoms with Gasteiger partial charge in [-0.3, -0.25) is 14.3 Å². The molecular formula is C21H26N4O2. The maximum atomic E-state index is 13.2. The lowest BCUT2D eigenvalue weighted by molar-refractivity contribution is -0.147. The van der Waals surface area contributed by atoms with Crippen LogP contribution < -0.4 is 0 Å². The SMILES string of the molecule is Cc1ccc(C(=O)N2CCC(C(=O)N3CCC3)(n3cccn3)CC2)cc1C. The van der Waals surface area contributed by atoms with Crippen LogP contribution in [0.3, 0.4) is 0 Å². The summed E-state index contributed by atoms with van der Waals surface area (Å²) in [4.78, 5) is 29.9. The third-order valence-electron chi connectivity index (χ3n) is 6.12. The molecule has 0 atom stereocenters. The van der Waals surface area contributed by atoms with Gasteiger partial charge in [-0.15, -0.1) is 0 Å². The van der Waals surface area contributed by atoms with Crippen LogP contribution in [0, 0.1) is 13.8 Å². The van der Waals surface area contributed by atoms with Crippen molar-refractivity contribution in [3.05, 3.63) is 53.3 Å². The highest BCUT2D eigenvalue weighted by Gasteiger charge is 2.47. The zero-order valence-electron chi connectivity index (χ0n) is 16.0. The Bertz CT molecular complexity index is 847. The number of carbonyl (C=O) groups is 2. The summed E-state index contributed by atoms with van der Waals surface area (Å²) < 4.78 is 1.81. The summed E-state index contributed by atoms with van der Waals surface area (Å²) in [7, 11) is 0. The fourth-order valence-electron chi connectivity index (χ4n) is 4.01. The minimum Gasteiger partial charge on any atom is -0.340 e. The number of nitrogens with zero attached hydrogens (tertiary/aromatic N) is 4. The van der Waals surface area contributed by atoms with Crippen LogP contribution in [0.1, 0.15) is 40.7 Å². The zero-order valence-corrected chi connectivity index (χ0v) is 16.0. The first kappa shape index (κ1) is 17.8. The summed E-state index contributed by atoms with van der Waals surface area (Å²) in [6, 6.07) is 7.70. The van der Waals surface area contributed by atoms with E-state index in [-0.39, 0.29) is 11.8 Å². The number of benzene rings is 1. The van der Waals surface area contributed by atoms with E-state index in [4.69, 9.17) is 0 Å². The maximum Gasteiger partial charge on any atom is 0.253 e. The molecule has 0 bridgehead atoms. The van der Waals surface area contributed by atoms with Crippen molar-refractivity contribution < 1.29 is 9.59 Å². The Labute approximate surface area is 159 Å². The smallest absolute Gasteiger partial charge is 0.253 e. The van der Waals surface area contributed by atoms with E-state index in [9.17, 15) is 9.59 Å². The fourth-order valence-corrected chi connectivity index (χ4v) is 4.01. The lowest BCUT2D eigenvalue weighted by Gasteiger charge is -2.45. The van der Waals surface area contributed by atoms with Gasteiger partial charge in [0.1, 0.15) is 5.54 Å². The number of rotatable bonds is 3. The third-order valence-corrected chi connectivity index (χ3v) is 6.12. The molecule has 4 rings (SSSR count). The van der Waals surface area contributed by atoms with Gasteiger partial charge < -0.3 is 9.80 Å². The van der Waals surface area contributed by atoms with Gasteiger partial charge in [-0.05, 0) is 62.4 Å². The van der Waals surface area contributed by atoms with E-state index < -0.39 is 5.54 Å². The molecule has 3 heterocycles. The van der Waals surface area contributed by atoms with Crippen LogP contribution in [0.4, 0.5) is 0 Å². The molecule has 142 valence electrons. The van der Waals surface area contributed by atoms with Crippen LogP contribution in [-0.2, 0) is 10.3 Å². The number of likely N-dealkylation sites (tertiary alicyclic amines) is 2. The molecule has 2 aliphatic rings. The molecule has 2 amide bonds. The molecule has 0 radical (unpaired) electrons. The second kappa shape index (κ2) is 6.83. The molecule has 0 spiro atoms. The van der Waals surface area contributed by atoms with Gasteiger partial charge in [-0.25, -0.2) is 0 Å². The molecule has 27 heavy (non-hydrogen) atoms. The summed E-state index contributed by atoms with van der Waals surface area (Å²) in [6.07, 6.45) is 5.86. The van der Waals surface area contributed by atoms with E-state index in [0.29, 0.717) is 25.9 Å². The highest BCUT2D eigenvalue weighted by molar-refractivity contribution is 5.95. The van der Waals surface area contributed by atoms with Crippen LogP contribution >= 0.6 is 0 Å². The van der Waals surface area contributed by atoms with Gasteiger partial charge in [-0.2, -0.15) is 5.10 Å². The normalized spacial score (nSPS) is 18.9. The average Bonchev–Trinajstić information content (AvgIpc) is 3.17. The number of aryl methyl sites for hydroxylation is 2. The van der Waals surface area contributed by atoms with E-state index in [1.165, 1.54) is 5.56 Å². The Morgan fingerprint density at radius 3 is 2.30 bits per heavy atom. The predicted molar refractivity (Wildman–Crippen MR) is 102 cm³/mol. The molecule has 0 aliphatic carbocycles. The minimum absolute atomic E-state index is 0.0450. The first-order valence-electron chi connectivity index (χ1n) is 9.67. The molecule has 6 nitrogen and oxygen atoms in total. The van der Waals surface area contributed by atoms with Crippen LogP contribution in [0.5, 0.6) is 0 Å². The van der Waals surface area contributed by atoms with Crippen molar-refractivity contribution >= 4 is 11.8 Å². The fraction of sp³-hybridized carbons (Fsp3) is 0.476. The van der Waals surface area contributed by atoms with Crippen molar-refractivity contribution in [2.75, 3.05) is 26.2 Å². The molecule has 6 heteroatoms. The molecule has 1 aromatic carbocycles. The van der Waals surface area contributed by atoms with Gasteiger partial charge in [-0.1, -0.05) is 6.07 Å².